The molecule has 5 nitrogen and oxygen atoms in total. The summed E-state index contributed by atoms with van der Waals surface area (Å²) in [6.07, 6.45) is 4.21. The zero-order valence-electron chi connectivity index (χ0n) is 8.94. The Bertz CT molecular complexity index is 438. The maximum absolute atomic E-state index is 11.5. The summed E-state index contributed by atoms with van der Waals surface area (Å²) < 4.78 is 6.60. The van der Waals surface area contributed by atoms with E-state index in [-0.39, 0.29) is 11.4 Å². The topological polar surface area (TPSA) is 61.2 Å². The summed E-state index contributed by atoms with van der Waals surface area (Å²) in [7, 11) is 1.26. The predicted octanol–water partition coefficient (Wildman–Crippen LogP) is 1.82. The van der Waals surface area contributed by atoms with Crippen LogP contribution in [-0.4, -0.2) is 28.9 Å². The SMILES string of the molecule is CC=CCn1c(Br)nc(C=O)c1C(=O)OC. The number of carbonyl (C=O) groups is 2. The highest BCUT2D eigenvalue weighted by Crippen LogP contribution is 2.17. The van der Waals surface area contributed by atoms with Gasteiger partial charge in [0.2, 0.25) is 0 Å². The van der Waals surface area contributed by atoms with Crippen molar-refractivity contribution in [3.63, 3.8) is 0 Å². The number of rotatable bonds is 4. The number of ether oxygens (including phenoxy) is 1. The lowest BCUT2D eigenvalue weighted by atomic mass is 10.3. The Hall–Kier alpha value is -1.43. The molecule has 0 spiro atoms. The van der Waals surface area contributed by atoms with Crippen LogP contribution in [0.25, 0.3) is 0 Å². The van der Waals surface area contributed by atoms with Crippen LogP contribution in [-0.2, 0) is 11.3 Å². The molecule has 1 rings (SSSR count). The molecule has 0 unspecified atom stereocenters. The zero-order valence-corrected chi connectivity index (χ0v) is 10.5. The van der Waals surface area contributed by atoms with Crippen LogP contribution < -0.4 is 0 Å². The van der Waals surface area contributed by atoms with E-state index in [1.54, 1.807) is 4.57 Å². The number of aldehydes is 1. The number of halogens is 1. The van der Waals surface area contributed by atoms with Gasteiger partial charge in [-0.2, -0.15) is 0 Å². The van der Waals surface area contributed by atoms with Gasteiger partial charge in [0.15, 0.2) is 16.7 Å². The predicted molar refractivity (Wildman–Crippen MR) is 61.5 cm³/mol. The molecular formula is C10H11BrN2O3. The van der Waals surface area contributed by atoms with Crippen molar-refractivity contribution in [1.29, 1.82) is 0 Å². The summed E-state index contributed by atoms with van der Waals surface area (Å²) in [5.74, 6) is -0.579. The van der Waals surface area contributed by atoms with Crippen LogP contribution in [0.5, 0.6) is 0 Å². The lowest BCUT2D eigenvalue weighted by Gasteiger charge is -2.05. The van der Waals surface area contributed by atoms with Crippen molar-refractivity contribution in [3.05, 3.63) is 28.3 Å². The third kappa shape index (κ3) is 2.38. The molecule has 16 heavy (non-hydrogen) atoms. The highest BCUT2D eigenvalue weighted by Gasteiger charge is 2.21. The average Bonchev–Trinajstić information content (AvgIpc) is 2.62. The quantitative estimate of drug-likeness (QED) is 0.481. The first-order valence-corrected chi connectivity index (χ1v) is 5.35. The van der Waals surface area contributed by atoms with Crippen molar-refractivity contribution >= 4 is 28.2 Å². The van der Waals surface area contributed by atoms with Crippen LogP contribution in [0.1, 0.15) is 27.9 Å². The Labute approximate surface area is 101 Å². The smallest absolute Gasteiger partial charge is 0.357 e. The Morgan fingerprint density at radius 1 is 1.62 bits per heavy atom. The molecule has 0 aliphatic heterocycles. The number of esters is 1. The van der Waals surface area contributed by atoms with Gasteiger partial charge in [-0.1, -0.05) is 12.2 Å². The molecule has 0 bridgehead atoms. The van der Waals surface area contributed by atoms with E-state index in [4.69, 9.17) is 0 Å². The Morgan fingerprint density at radius 3 is 2.81 bits per heavy atom. The van der Waals surface area contributed by atoms with E-state index in [2.05, 4.69) is 25.7 Å². The van der Waals surface area contributed by atoms with Gasteiger partial charge in [0.25, 0.3) is 0 Å². The Balaban J connectivity index is 3.27. The van der Waals surface area contributed by atoms with Crippen molar-refractivity contribution in [2.45, 2.75) is 13.5 Å². The van der Waals surface area contributed by atoms with E-state index < -0.39 is 5.97 Å². The number of imidazole rings is 1. The number of hydrogen-bond donors (Lipinski definition) is 0. The third-order valence-corrected chi connectivity index (χ3v) is 2.57. The molecule has 0 N–H and O–H groups in total. The molecule has 0 aromatic carbocycles. The molecule has 0 amide bonds. The summed E-state index contributed by atoms with van der Waals surface area (Å²) >= 11 is 3.19. The van der Waals surface area contributed by atoms with E-state index in [9.17, 15) is 9.59 Å². The van der Waals surface area contributed by atoms with E-state index in [1.165, 1.54) is 7.11 Å². The van der Waals surface area contributed by atoms with Gasteiger partial charge in [-0.25, -0.2) is 9.78 Å². The van der Waals surface area contributed by atoms with Gasteiger partial charge in [-0.3, -0.25) is 4.79 Å². The van der Waals surface area contributed by atoms with Gasteiger partial charge in [0, 0.05) is 6.54 Å². The van der Waals surface area contributed by atoms with Gasteiger partial charge in [0.05, 0.1) is 7.11 Å². The van der Waals surface area contributed by atoms with Crippen LogP contribution in [0.2, 0.25) is 0 Å². The molecule has 0 atom stereocenters. The first kappa shape index (κ1) is 12.6. The molecule has 0 saturated carbocycles. The van der Waals surface area contributed by atoms with Gasteiger partial charge in [-0.15, -0.1) is 0 Å². The summed E-state index contributed by atoms with van der Waals surface area (Å²) in [5.41, 5.74) is 0.228. The zero-order chi connectivity index (χ0) is 12.1. The molecule has 1 heterocycles. The molecule has 0 fully saturated rings. The first-order valence-electron chi connectivity index (χ1n) is 4.56. The lowest BCUT2D eigenvalue weighted by Crippen LogP contribution is -2.12. The molecule has 86 valence electrons. The highest BCUT2D eigenvalue weighted by molar-refractivity contribution is 9.10. The number of aromatic nitrogens is 2. The summed E-state index contributed by atoms with van der Waals surface area (Å²) in [6, 6.07) is 0. The van der Waals surface area contributed by atoms with Crippen LogP contribution in [0, 0.1) is 0 Å². The molecule has 1 aromatic rings. The third-order valence-electron chi connectivity index (χ3n) is 1.96. The summed E-state index contributed by atoms with van der Waals surface area (Å²) in [6.45, 7) is 2.31. The standard InChI is InChI=1S/C10H11BrN2O3/c1-3-4-5-13-8(9(15)16-2)7(6-14)12-10(13)11/h3-4,6H,5H2,1-2H3. The van der Waals surface area contributed by atoms with Crippen LogP contribution >= 0.6 is 15.9 Å². The monoisotopic (exact) mass is 286 g/mol. The van der Waals surface area contributed by atoms with Gasteiger partial charge >= 0.3 is 5.97 Å². The maximum atomic E-state index is 11.5. The minimum Gasteiger partial charge on any atom is -0.464 e. The van der Waals surface area contributed by atoms with Crippen LogP contribution in [0.15, 0.2) is 16.9 Å². The number of methoxy groups -OCH3 is 1. The summed E-state index contributed by atoms with van der Waals surface area (Å²) in [5, 5.41) is 0. The van der Waals surface area contributed by atoms with Crippen molar-refractivity contribution in [1.82, 2.24) is 9.55 Å². The van der Waals surface area contributed by atoms with Crippen molar-refractivity contribution < 1.29 is 14.3 Å². The van der Waals surface area contributed by atoms with Crippen LogP contribution in [0.3, 0.4) is 0 Å². The van der Waals surface area contributed by atoms with E-state index >= 15 is 0 Å². The number of hydrogen-bond acceptors (Lipinski definition) is 4. The first-order chi connectivity index (χ1) is 7.65. The largest absolute Gasteiger partial charge is 0.464 e. The Kier molecular flexibility index (Phi) is 4.42. The van der Waals surface area contributed by atoms with Crippen molar-refractivity contribution in [3.8, 4) is 0 Å². The molecular weight excluding hydrogens is 276 g/mol. The fourth-order valence-corrected chi connectivity index (χ4v) is 1.73. The fraction of sp³-hybridized carbons (Fsp3) is 0.300. The van der Waals surface area contributed by atoms with Gasteiger partial charge < -0.3 is 9.30 Å². The summed E-state index contributed by atoms with van der Waals surface area (Å²) in [4.78, 5) is 26.2. The maximum Gasteiger partial charge on any atom is 0.357 e. The van der Waals surface area contributed by atoms with Crippen LogP contribution in [0.4, 0.5) is 0 Å². The minimum absolute atomic E-state index is 0.0724. The van der Waals surface area contributed by atoms with E-state index in [0.29, 0.717) is 17.6 Å². The molecule has 0 radical (unpaired) electrons. The second kappa shape index (κ2) is 5.60. The molecule has 6 heteroatoms. The van der Waals surface area contributed by atoms with Crippen molar-refractivity contribution in [2.24, 2.45) is 0 Å². The minimum atomic E-state index is -0.579. The highest BCUT2D eigenvalue weighted by atomic mass is 79.9. The number of nitrogens with zero attached hydrogens (tertiary/aromatic N) is 2. The second-order valence-electron chi connectivity index (χ2n) is 2.90. The lowest BCUT2D eigenvalue weighted by molar-refractivity contribution is 0.0586. The molecule has 0 aliphatic carbocycles. The van der Waals surface area contributed by atoms with E-state index in [1.807, 2.05) is 19.1 Å². The molecule has 0 saturated heterocycles. The second-order valence-corrected chi connectivity index (χ2v) is 3.61. The van der Waals surface area contributed by atoms with Gasteiger partial charge in [-0.05, 0) is 22.9 Å². The van der Waals surface area contributed by atoms with Crippen molar-refractivity contribution in [2.75, 3.05) is 7.11 Å². The fourth-order valence-electron chi connectivity index (χ4n) is 1.21. The normalized spacial score (nSPS) is 10.7. The van der Waals surface area contributed by atoms with Gasteiger partial charge in [0.1, 0.15) is 5.69 Å². The molecule has 0 aliphatic rings. The Morgan fingerprint density at radius 2 is 2.31 bits per heavy atom. The van der Waals surface area contributed by atoms with E-state index in [0.717, 1.165) is 0 Å². The molecule has 1 aromatic heterocycles. The number of allylic oxidation sites excluding steroid dienone is 2. The number of carbonyl (C=O) groups excluding carboxylic acids is 2. The average molecular weight is 287 g/mol.